The largest absolute Gasteiger partial charge is 0.481 e. The van der Waals surface area contributed by atoms with E-state index < -0.39 is 5.97 Å². The fourth-order valence-corrected chi connectivity index (χ4v) is 3.81. The Kier molecular flexibility index (Phi) is 10.2. The van der Waals surface area contributed by atoms with Crippen LogP contribution in [0.4, 0.5) is 4.79 Å². The van der Waals surface area contributed by atoms with Gasteiger partial charge in [-0.25, -0.2) is 4.79 Å². The van der Waals surface area contributed by atoms with Crippen LogP contribution in [-0.4, -0.2) is 40.2 Å². The molecule has 122 valence electrons. The summed E-state index contributed by atoms with van der Waals surface area (Å²) < 4.78 is 0. The van der Waals surface area contributed by atoms with Crippen LogP contribution in [0.2, 0.25) is 0 Å². The Balaban J connectivity index is 0.000000639. The van der Waals surface area contributed by atoms with E-state index in [1.165, 1.54) is 9.82 Å². The van der Waals surface area contributed by atoms with Gasteiger partial charge in [-0.2, -0.15) is 11.8 Å². The number of hydrogen-bond donors (Lipinski definition) is 3. The van der Waals surface area contributed by atoms with Gasteiger partial charge in [0.15, 0.2) is 0 Å². The van der Waals surface area contributed by atoms with Crippen LogP contribution in [-0.2, 0) is 4.79 Å². The number of carbonyl (C=O) groups excluding carboxylic acids is 1. The van der Waals surface area contributed by atoms with Crippen molar-refractivity contribution in [3.63, 3.8) is 0 Å². The summed E-state index contributed by atoms with van der Waals surface area (Å²) in [6, 6.07) is 0.440. The monoisotopic (exact) mass is 328 g/mol. The zero-order valence-electron chi connectivity index (χ0n) is 11.6. The molecule has 11 nitrogen and oxygen atoms in total. The Bertz CT molecular complexity index is 435. The van der Waals surface area contributed by atoms with Crippen molar-refractivity contribution in [2.45, 2.75) is 43.0 Å². The fourth-order valence-electron chi connectivity index (χ4n) is 2.26. The molecule has 0 unspecified atom stereocenters. The second-order valence-electron chi connectivity index (χ2n) is 4.44. The van der Waals surface area contributed by atoms with Crippen LogP contribution in [0.25, 0.3) is 31.9 Å². The number of amides is 2. The first-order valence-corrected chi connectivity index (χ1v) is 7.42. The average Bonchev–Trinajstić information content (AvgIpc) is 2.96. The summed E-state index contributed by atoms with van der Waals surface area (Å²) >= 11 is 1.87. The number of rotatable bonds is 5. The predicted octanol–water partition coefficient (Wildman–Crippen LogP) is 2.53. The minimum atomic E-state index is -0.729. The van der Waals surface area contributed by atoms with E-state index in [4.69, 9.17) is 27.2 Å². The van der Waals surface area contributed by atoms with E-state index in [0.29, 0.717) is 5.25 Å². The molecule has 22 heavy (non-hydrogen) atoms. The van der Waals surface area contributed by atoms with E-state index in [-0.39, 0.29) is 24.5 Å². The third-order valence-corrected chi connectivity index (χ3v) is 4.58. The number of aliphatic carboxylic acids is 1. The van der Waals surface area contributed by atoms with Gasteiger partial charge in [-0.3, -0.25) is 14.6 Å². The maximum absolute atomic E-state index is 11.1. The SMILES string of the molecule is O=C(O)CCCC[C@@H]1SC[C@@H]2NC(=O)N[C@@H]21.[N-]=[N+]=[N-].[N-]=[N+]=[N-]. The molecule has 0 radical (unpaired) electrons. The van der Waals surface area contributed by atoms with Crippen LogP contribution in [0, 0.1) is 0 Å². The van der Waals surface area contributed by atoms with Gasteiger partial charge in [0.2, 0.25) is 0 Å². The first-order chi connectivity index (χ1) is 10.5. The molecule has 2 fully saturated rings. The van der Waals surface area contributed by atoms with Crippen LogP contribution in [0.3, 0.4) is 0 Å². The Labute approximate surface area is 130 Å². The van der Waals surface area contributed by atoms with Gasteiger partial charge >= 0.3 is 12.0 Å². The van der Waals surface area contributed by atoms with Crippen LogP contribution < -0.4 is 10.6 Å². The van der Waals surface area contributed by atoms with Crippen molar-refractivity contribution in [2.75, 3.05) is 5.75 Å². The first-order valence-electron chi connectivity index (χ1n) is 6.37. The van der Waals surface area contributed by atoms with Crippen molar-refractivity contribution >= 4 is 23.8 Å². The highest BCUT2D eigenvalue weighted by molar-refractivity contribution is 8.00. The predicted molar refractivity (Wildman–Crippen MR) is 81.7 cm³/mol. The molecule has 2 amide bonds. The highest BCUT2D eigenvalue weighted by Gasteiger charge is 2.42. The number of urea groups is 1. The number of hydrogen-bond acceptors (Lipinski definition) is 3. The smallest absolute Gasteiger partial charge is 0.315 e. The summed E-state index contributed by atoms with van der Waals surface area (Å²) in [6.45, 7) is 0. The molecule has 0 spiro atoms. The van der Waals surface area contributed by atoms with Crippen molar-refractivity contribution in [1.82, 2.24) is 10.6 Å². The summed E-state index contributed by atoms with van der Waals surface area (Å²) in [4.78, 5) is 24.5. The van der Waals surface area contributed by atoms with Crippen molar-refractivity contribution in [2.24, 2.45) is 0 Å². The Morgan fingerprint density at radius 2 is 1.82 bits per heavy atom. The molecule has 2 aliphatic rings. The molecule has 0 aromatic rings. The lowest BCUT2D eigenvalue weighted by atomic mass is 10.0. The maximum Gasteiger partial charge on any atom is 0.315 e. The lowest BCUT2D eigenvalue weighted by Crippen LogP contribution is -2.36. The van der Waals surface area contributed by atoms with Gasteiger partial charge in [-0.05, 0) is 12.8 Å². The van der Waals surface area contributed by atoms with Gasteiger partial charge in [0.25, 0.3) is 0 Å². The zero-order chi connectivity index (χ0) is 17.0. The van der Waals surface area contributed by atoms with Crippen LogP contribution >= 0.6 is 11.8 Å². The number of unbranched alkanes of at least 4 members (excludes halogenated alkanes) is 1. The normalized spacial score (nSPS) is 24.0. The molecule has 2 aliphatic heterocycles. The maximum atomic E-state index is 11.1. The molecular formula is C10H16N8O3S-2. The molecule has 0 bridgehead atoms. The summed E-state index contributed by atoms with van der Waals surface area (Å²) in [5.74, 6) is 0.236. The van der Waals surface area contributed by atoms with E-state index >= 15 is 0 Å². The molecule has 2 heterocycles. The molecule has 0 aromatic carbocycles. The summed E-state index contributed by atoms with van der Waals surface area (Å²) in [5.41, 5.74) is 27.0. The topological polar surface area (TPSA) is 196 Å². The molecule has 0 aliphatic carbocycles. The lowest BCUT2D eigenvalue weighted by molar-refractivity contribution is -0.137. The van der Waals surface area contributed by atoms with Gasteiger partial charge < -0.3 is 37.9 Å². The third-order valence-electron chi connectivity index (χ3n) is 3.07. The van der Waals surface area contributed by atoms with E-state index in [0.717, 1.165) is 25.0 Å². The number of fused-ring (bicyclic) bond motifs is 1. The van der Waals surface area contributed by atoms with E-state index in [1.807, 2.05) is 11.8 Å². The molecule has 0 aromatic heterocycles. The Hall–Kier alpha value is -2.29. The number of carbonyl (C=O) groups is 2. The second kappa shape index (κ2) is 11.4. The van der Waals surface area contributed by atoms with Crippen molar-refractivity contribution in [1.29, 1.82) is 0 Å². The molecule has 2 rings (SSSR count). The molecule has 0 saturated carbocycles. The fraction of sp³-hybridized carbons (Fsp3) is 0.800. The number of thioether (sulfide) groups is 1. The zero-order valence-corrected chi connectivity index (χ0v) is 12.4. The molecule has 2 saturated heterocycles. The van der Waals surface area contributed by atoms with Gasteiger partial charge in [0.1, 0.15) is 0 Å². The van der Waals surface area contributed by atoms with Gasteiger partial charge in [0.05, 0.1) is 12.1 Å². The second-order valence-corrected chi connectivity index (χ2v) is 5.71. The van der Waals surface area contributed by atoms with Crippen LogP contribution in [0.15, 0.2) is 0 Å². The molecule has 12 heteroatoms. The average molecular weight is 328 g/mol. The van der Waals surface area contributed by atoms with Gasteiger partial charge in [0, 0.05) is 17.4 Å². The van der Waals surface area contributed by atoms with Gasteiger partial charge in [-0.1, -0.05) is 6.42 Å². The molecule has 3 atom stereocenters. The third kappa shape index (κ3) is 7.48. The number of carboxylic acid groups (broad SMARTS) is 1. The van der Waals surface area contributed by atoms with Crippen molar-refractivity contribution in [3.8, 4) is 0 Å². The number of carboxylic acids is 1. The number of nitrogens with one attached hydrogen (secondary N) is 2. The standard InChI is InChI=1S/C10H16N2O3S.2N3/c13-8(14)4-2-1-3-7-9-6(5-16-7)11-10(15)12-9;2*1-3-2/h6-7,9H,1-5H2,(H,13,14)(H2,11,12,15);;/q;2*-1/t6-,7-,9-;;/m0../s1. The summed E-state index contributed by atoms with van der Waals surface area (Å²) in [5, 5.41) is 14.8. The van der Waals surface area contributed by atoms with E-state index in [2.05, 4.69) is 10.6 Å². The highest BCUT2D eigenvalue weighted by atomic mass is 32.2. The summed E-state index contributed by atoms with van der Waals surface area (Å²) in [6.07, 6.45) is 2.88. The van der Waals surface area contributed by atoms with Crippen molar-refractivity contribution < 1.29 is 14.7 Å². The van der Waals surface area contributed by atoms with Crippen LogP contribution in [0.5, 0.6) is 0 Å². The minimum absolute atomic E-state index is 0.0640. The van der Waals surface area contributed by atoms with Crippen LogP contribution in [0.1, 0.15) is 25.7 Å². The lowest BCUT2D eigenvalue weighted by Gasteiger charge is -2.16. The minimum Gasteiger partial charge on any atom is -0.481 e. The molecule has 3 N–H and O–H groups in total. The number of nitrogens with zero attached hydrogens (tertiary/aromatic N) is 6. The van der Waals surface area contributed by atoms with E-state index in [9.17, 15) is 9.59 Å². The highest BCUT2D eigenvalue weighted by Crippen LogP contribution is 2.33. The molecular weight excluding hydrogens is 312 g/mol. The quantitative estimate of drug-likeness (QED) is 0.229. The first kappa shape index (κ1) is 19.7. The Morgan fingerprint density at radius 1 is 1.23 bits per heavy atom. The van der Waals surface area contributed by atoms with Gasteiger partial charge in [-0.15, -0.1) is 0 Å². The Morgan fingerprint density at radius 3 is 2.36 bits per heavy atom. The van der Waals surface area contributed by atoms with Crippen molar-refractivity contribution in [3.05, 3.63) is 31.9 Å². The summed E-state index contributed by atoms with van der Waals surface area (Å²) in [7, 11) is 0. The van der Waals surface area contributed by atoms with E-state index in [1.54, 1.807) is 0 Å².